The number of hydrogen-bond acceptors (Lipinski definition) is 3. The van der Waals surface area contributed by atoms with Crippen LogP contribution in [0.4, 0.5) is 0 Å². The van der Waals surface area contributed by atoms with Crippen LogP contribution < -0.4 is 10.6 Å². The van der Waals surface area contributed by atoms with E-state index in [2.05, 4.69) is 83.6 Å². The monoisotopic (exact) mass is 446 g/mol. The molecule has 2 unspecified atom stereocenters. The highest BCUT2D eigenvalue weighted by Crippen LogP contribution is 2.16. The van der Waals surface area contributed by atoms with Gasteiger partial charge in [-0.2, -0.15) is 11.8 Å². The van der Waals surface area contributed by atoms with Crippen LogP contribution in [0.5, 0.6) is 0 Å². The van der Waals surface area contributed by atoms with Gasteiger partial charge in [0, 0.05) is 23.2 Å². The molecule has 0 aromatic heterocycles. The van der Waals surface area contributed by atoms with Crippen LogP contribution in [0, 0.1) is 0 Å². The summed E-state index contributed by atoms with van der Waals surface area (Å²) in [6.45, 7) is 21.7. The largest absolute Gasteiger partial charge is 0.380 e. The zero-order valence-corrected chi connectivity index (χ0v) is 22.4. The van der Waals surface area contributed by atoms with Gasteiger partial charge in [-0.15, -0.1) is 0 Å². The third kappa shape index (κ3) is 16.1. The van der Waals surface area contributed by atoms with Crippen molar-refractivity contribution in [2.75, 3.05) is 18.6 Å². The number of rotatable bonds is 18. The third-order valence-electron chi connectivity index (χ3n) is 5.53. The van der Waals surface area contributed by atoms with E-state index in [-0.39, 0.29) is 6.04 Å². The van der Waals surface area contributed by atoms with Crippen LogP contribution in [0.25, 0.3) is 0 Å². The number of allylic oxidation sites excluding steroid dienone is 5. The predicted molar refractivity (Wildman–Crippen MR) is 146 cm³/mol. The Morgan fingerprint density at radius 2 is 1.52 bits per heavy atom. The Kier molecular flexibility index (Phi) is 17.7. The molecule has 0 saturated carbocycles. The van der Waals surface area contributed by atoms with Gasteiger partial charge in [-0.05, 0) is 73.8 Å². The second kappa shape index (κ2) is 18.4. The highest BCUT2D eigenvalue weighted by Gasteiger charge is 2.15. The Balaban J connectivity index is 4.36. The van der Waals surface area contributed by atoms with E-state index < -0.39 is 0 Å². The Labute approximate surface area is 198 Å². The van der Waals surface area contributed by atoms with Gasteiger partial charge in [0.25, 0.3) is 0 Å². The molecular formula is C28H50N2S. The van der Waals surface area contributed by atoms with E-state index in [1.807, 2.05) is 18.8 Å². The van der Waals surface area contributed by atoms with E-state index in [4.69, 9.17) is 0 Å². The highest BCUT2D eigenvalue weighted by molar-refractivity contribution is 7.99. The maximum Gasteiger partial charge on any atom is 0.0556 e. The number of likely N-dealkylation sites (N-methyl/N-ethyl adjacent to an activating group) is 1. The van der Waals surface area contributed by atoms with E-state index in [0.29, 0.717) is 6.04 Å². The van der Waals surface area contributed by atoms with Crippen LogP contribution in [0.2, 0.25) is 0 Å². The first-order valence-corrected chi connectivity index (χ1v) is 13.2. The van der Waals surface area contributed by atoms with Gasteiger partial charge in [-0.1, -0.05) is 73.4 Å². The molecule has 31 heavy (non-hydrogen) atoms. The van der Waals surface area contributed by atoms with Gasteiger partial charge < -0.3 is 10.6 Å². The summed E-state index contributed by atoms with van der Waals surface area (Å²) in [5, 5.41) is 7.02. The van der Waals surface area contributed by atoms with Crippen LogP contribution in [0.15, 0.2) is 59.4 Å². The van der Waals surface area contributed by atoms with E-state index in [1.165, 1.54) is 41.6 Å². The van der Waals surface area contributed by atoms with Crippen molar-refractivity contribution < 1.29 is 0 Å². The first-order valence-electron chi connectivity index (χ1n) is 12.0. The van der Waals surface area contributed by atoms with Crippen molar-refractivity contribution >= 4 is 11.8 Å². The van der Waals surface area contributed by atoms with Crippen LogP contribution in [-0.4, -0.2) is 30.6 Å². The topological polar surface area (TPSA) is 24.1 Å². The first kappa shape index (κ1) is 29.8. The predicted octanol–water partition coefficient (Wildman–Crippen LogP) is 7.97. The Morgan fingerprint density at radius 1 is 0.903 bits per heavy atom. The van der Waals surface area contributed by atoms with Crippen molar-refractivity contribution in [1.29, 1.82) is 0 Å². The summed E-state index contributed by atoms with van der Waals surface area (Å²) in [5.41, 5.74) is 6.67. The summed E-state index contributed by atoms with van der Waals surface area (Å²) in [6, 6.07) is 0.600. The van der Waals surface area contributed by atoms with Crippen molar-refractivity contribution in [2.45, 2.75) is 98.6 Å². The van der Waals surface area contributed by atoms with Gasteiger partial charge in [0.05, 0.1) is 6.04 Å². The van der Waals surface area contributed by atoms with Crippen molar-refractivity contribution in [3.05, 3.63) is 59.4 Å². The van der Waals surface area contributed by atoms with Gasteiger partial charge in [0.15, 0.2) is 0 Å². The minimum Gasteiger partial charge on any atom is -0.380 e. The van der Waals surface area contributed by atoms with Crippen LogP contribution in [-0.2, 0) is 0 Å². The molecule has 2 nitrogen and oxygen atoms in total. The number of thioether (sulfide) groups is 1. The molecule has 2 atom stereocenters. The molecule has 0 fully saturated rings. The standard InChI is InChI=1S/C28H50N2S/c1-10-11-18-27(29-9)26(8)30-28(23(4)5)21-31-20-19-25(7)17-13-16-24(6)15-12-14-22(2)3/h14,16,19,27-30H,4,8,10-13,15,17-18,20-21H2,1-3,5-7,9H3/b24-16+,25-19+. The lowest BCUT2D eigenvalue weighted by Gasteiger charge is -2.26. The molecule has 0 aromatic carbocycles. The molecular weight excluding hydrogens is 396 g/mol. The fourth-order valence-electron chi connectivity index (χ4n) is 3.26. The first-order chi connectivity index (χ1) is 14.7. The van der Waals surface area contributed by atoms with Crippen LogP contribution in [0.3, 0.4) is 0 Å². The molecule has 178 valence electrons. The molecule has 0 aliphatic heterocycles. The smallest absolute Gasteiger partial charge is 0.0556 e. The molecule has 0 aromatic rings. The average molecular weight is 447 g/mol. The molecule has 0 radical (unpaired) electrons. The van der Waals surface area contributed by atoms with E-state index in [0.717, 1.165) is 42.9 Å². The SMILES string of the molecule is C=C(C)C(CSC/C=C(\C)CC/C=C(\C)CCC=C(C)C)NC(=C)C(CCCC)NC. The van der Waals surface area contributed by atoms with Gasteiger partial charge in [0.1, 0.15) is 0 Å². The average Bonchev–Trinajstić information content (AvgIpc) is 2.70. The normalized spacial score (nSPS) is 14.2. The molecule has 2 N–H and O–H groups in total. The summed E-state index contributed by atoms with van der Waals surface area (Å²) < 4.78 is 0. The molecule has 0 saturated heterocycles. The number of hydrogen-bond donors (Lipinski definition) is 2. The Bertz CT molecular complexity index is 609. The van der Waals surface area contributed by atoms with E-state index in [1.54, 1.807) is 0 Å². The van der Waals surface area contributed by atoms with E-state index >= 15 is 0 Å². The Morgan fingerprint density at radius 3 is 2.06 bits per heavy atom. The molecule has 0 heterocycles. The van der Waals surface area contributed by atoms with Gasteiger partial charge >= 0.3 is 0 Å². The summed E-state index contributed by atoms with van der Waals surface area (Å²) in [7, 11) is 2.02. The molecule has 0 rings (SSSR count). The van der Waals surface area contributed by atoms with Crippen molar-refractivity contribution in [3.8, 4) is 0 Å². The van der Waals surface area contributed by atoms with Gasteiger partial charge in [-0.3, -0.25) is 0 Å². The number of unbranched alkanes of at least 4 members (excludes halogenated alkanes) is 1. The zero-order valence-electron chi connectivity index (χ0n) is 21.6. The third-order valence-corrected chi connectivity index (χ3v) is 6.50. The summed E-state index contributed by atoms with van der Waals surface area (Å²) in [5.74, 6) is 2.07. The molecule has 0 amide bonds. The fourth-order valence-corrected chi connectivity index (χ4v) is 4.40. The van der Waals surface area contributed by atoms with Crippen LogP contribution in [0.1, 0.15) is 86.5 Å². The lowest BCUT2D eigenvalue weighted by atomic mass is 10.1. The fraction of sp³-hybridized carbons (Fsp3) is 0.643. The summed E-state index contributed by atoms with van der Waals surface area (Å²) in [4.78, 5) is 0. The summed E-state index contributed by atoms with van der Waals surface area (Å²) >= 11 is 1.97. The lowest BCUT2D eigenvalue weighted by Crippen LogP contribution is -2.40. The second-order valence-electron chi connectivity index (χ2n) is 9.05. The highest BCUT2D eigenvalue weighted by atomic mass is 32.2. The maximum atomic E-state index is 4.29. The molecule has 3 heteroatoms. The quantitative estimate of drug-likeness (QED) is 0.165. The van der Waals surface area contributed by atoms with Gasteiger partial charge in [-0.25, -0.2) is 0 Å². The van der Waals surface area contributed by atoms with Crippen molar-refractivity contribution in [2.24, 2.45) is 0 Å². The molecule has 0 aliphatic rings. The zero-order chi connectivity index (χ0) is 23.6. The van der Waals surface area contributed by atoms with E-state index in [9.17, 15) is 0 Å². The summed E-state index contributed by atoms with van der Waals surface area (Å²) in [6.07, 6.45) is 15.3. The molecule has 0 bridgehead atoms. The minimum atomic E-state index is 0.273. The lowest BCUT2D eigenvalue weighted by molar-refractivity contribution is 0.514. The minimum absolute atomic E-state index is 0.273. The Hall–Kier alpha value is -1.19. The molecule has 0 spiro atoms. The van der Waals surface area contributed by atoms with Crippen LogP contribution >= 0.6 is 11.8 Å². The second-order valence-corrected chi connectivity index (χ2v) is 10.1. The maximum absolute atomic E-state index is 4.29. The molecule has 0 aliphatic carbocycles. The van der Waals surface area contributed by atoms with Crippen molar-refractivity contribution in [1.82, 2.24) is 10.6 Å². The van der Waals surface area contributed by atoms with Gasteiger partial charge in [0.2, 0.25) is 0 Å². The van der Waals surface area contributed by atoms with Crippen molar-refractivity contribution in [3.63, 3.8) is 0 Å². The number of nitrogens with one attached hydrogen (secondary N) is 2.